The molecule has 44 heavy (non-hydrogen) atoms. The summed E-state index contributed by atoms with van der Waals surface area (Å²) in [7, 11) is -4.09. The van der Waals surface area contributed by atoms with Crippen molar-refractivity contribution >= 4 is 39.4 Å². The van der Waals surface area contributed by atoms with Crippen LogP contribution < -0.4 is 19.7 Å². The molecule has 15 heteroatoms. The normalized spacial score (nSPS) is 15.1. The van der Waals surface area contributed by atoms with E-state index in [2.05, 4.69) is 25.0 Å². The zero-order chi connectivity index (χ0) is 31.1. The third-order valence-electron chi connectivity index (χ3n) is 6.89. The van der Waals surface area contributed by atoms with E-state index in [-0.39, 0.29) is 48.0 Å². The molecule has 3 heterocycles. The van der Waals surface area contributed by atoms with Crippen LogP contribution in [0.4, 0.5) is 10.6 Å². The molecule has 0 aliphatic carbocycles. The van der Waals surface area contributed by atoms with Gasteiger partial charge in [-0.15, -0.1) is 0 Å². The predicted octanol–water partition coefficient (Wildman–Crippen LogP) is 3.01. The van der Waals surface area contributed by atoms with Crippen LogP contribution in [-0.4, -0.2) is 77.1 Å². The van der Waals surface area contributed by atoms with Crippen molar-refractivity contribution in [1.82, 2.24) is 34.5 Å². The van der Waals surface area contributed by atoms with Crippen molar-refractivity contribution in [3.05, 3.63) is 90.1 Å². The summed E-state index contributed by atoms with van der Waals surface area (Å²) < 4.78 is 34.8. The van der Waals surface area contributed by atoms with Crippen LogP contribution in [0.15, 0.2) is 84.3 Å². The zero-order valence-corrected chi connectivity index (χ0v) is 25.4. The average Bonchev–Trinajstić information content (AvgIpc) is 3.56. The molecule has 1 fully saturated rings. The largest absolute Gasteiger partial charge is 0.494 e. The minimum Gasteiger partial charge on any atom is -0.494 e. The van der Waals surface area contributed by atoms with E-state index in [1.54, 1.807) is 41.2 Å². The van der Waals surface area contributed by atoms with Crippen molar-refractivity contribution in [1.29, 1.82) is 0 Å². The van der Waals surface area contributed by atoms with Crippen LogP contribution >= 0.6 is 11.6 Å². The maximum atomic E-state index is 13.2. The lowest BCUT2D eigenvalue weighted by Crippen LogP contribution is -2.58. The first-order valence-electron chi connectivity index (χ1n) is 13.9. The van der Waals surface area contributed by atoms with Gasteiger partial charge in [0.25, 0.3) is 10.0 Å². The van der Waals surface area contributed by atoms with Gasteiger partial charge in [-0.1, -0.05) is 41.9 Å². The highest BCUT2D eigenvalue weighted by atomic mass is 35.5. The Bertz CT molecular complexity index is 1690. The van der Waals surface area contributed by atoms with Crippen LogP contribution in [0.3, 0.4) is 0 Å². The van der Waals surface area contributed by atoms with E-state index in [1.165, 1.54) is 23.4 Å². The molecule has 2 aromatic heterocycles. The number of carbonyl (C=O) groups is 2. The smallest absolute Gasteiger partial charge is 0.331 e. The second kappa shape index (κ2) is 13.7. The number of halogens is 1. The van der Waals surface area contributed by atoms with Crippen molar-refractivity contribution in [2.45, 2.75) is 30.8 Å². The maximum absolute atomic E-state index is 13.2. The lowest BCUT2D eigenvalue weighted by Gasteiger charge is -2.41. The van der Waals surface area contributed by atoms with Crippen molar-refractivity contribution < 1.29 is 22.7 Å². The van der Waals surface area contributed by atoms with E-state index in [0.717, 1.165) is 11.3 Å². The Balaban J connectivity index is 1.33. The van der Waals surface area contributed by atoms with Gasteiger partial charge in [-0.05, 0) is 36.8 Å². The number of hydrogen-bond acceptors (Lipinski definition) is 9. The van der Waals surface area contributed by atoms with Gasteiger partial charge in [-0.25, -0.2) is 27.9 Å². The van der Waals surface area contributed by atoms with Gasteiger partial charge in [-0.3, -0.25) is 9.36 Å². The number of sulfonamides is 1. The average molecular weight is 639 g/mol. The Morgan fingerprint density at radius 3 is 2.55 bits per heavy atom. The predicted molar refractivity (Wildman–Crippen MR) is 163 cm³/mol. The quantitative estimate of drug-likeness (QED) is 0.250. The zero-order valence-electron chi connectivity index (χ0n) is 23.8. The van der Waals surface area contributed by atoms with Crippen LogP contribution in [0.2, 0.25) is 5.15 Å². The molecule has 1 unspecified atom stereocenters. The Hall–Kier alpha value is -4.69. The van der Waals surface area contributed by atoms with Crippen molar-refractivity contribution in [2.75, 3.05) is 31.1 Å². The summed E-state index contributed by atoms with van der Waals surface area (Å²) in [5.41, 5.74) is 0.891. The van der Waals surface area contributed by atoms with E-state index >= 15 is 0 Å². The monoisotopic (exact) mass is 638 g/mol. The SMILES string of the molecule is CCOc1ccc(CNC(=O)CC2CN(C(=O)NS(=O)(=O)c3ccccc3)CCN2c2cc(Cl)nc(-n3ccnc3)n2)cc1. The van der Waals surface area contributed by atoms with Gasteiger partial charge in [-0.2, -0.15) is 4.98 Å². The molecular weight excluding hydrogens is 608 g/mol. The molecule has 0 saturated carbocycles. The Morgan fingerprint density at radius 2 is 1.84 bits per heavy atom. The summed E-state index contributed by atoms with van der Waals surface area (Å²) in [5.74, 6) is 1.22. The number of amides is 3. The molecule has 2 N–H and O–H groups in total. The molecule has 4 aromatic rings. The summed E-state index contributed by atoms with van der Waals surface area (Å²) in [5, 5.41) is 3.11. The van der Waals surface area contributed by atoms with Gasteiger partial charge in [0.05, 0.1) is 17.5 Å². The number of piperazine rings is 1. The number of ether oxygens (including phenoxy) is 1. The van der Waals surface area contributed by atoms with Gasteiger partial charge in [0.1, 0.15) is 23.0 Å². The fourth-order valence-electron chi connectivity index (χ4n) is 4.75. The third-order valence-corrected chi connectivity index (χ3v) is 8.42. The molecule has 230 valence electrons. The number of anilines is 1. The molecule has 13 nitrogen and oxygen atoms in total. The molecular formula is C29H31ClN8O5S. The summed E-state index contributed by atoms with van der Waals surface area (Å²) in [6.45, 7) is 3.23. The minimum atomic E-state index is -4.09. The van der Waals surface area contributed by atoms with E-state index in [0.29, 0.717) is 19.0 Å². The topological polar surface area (TPSA) is 152 Å². The molecule has 1 aliphatic heterocycles. The van der Waals surface area contributed by atoms with E-state index in [1.807, 2.05) is 36.1 Å². The molecule has 0 spiro atoms. The lowest BCUT2D eigenvalue weighted by atomic mass is 10.1. The van der Waals surface area contributed by atoms with Crippen molar-refractivity contribution in [3.63, 3.8) is 0 Å². The van der Waals surface area contributed by atoms with E-state index < -0.39 is 22.1 Å². The third kappa shape index (κ3) is 7.63. The fourth-order valence-corrected chi connectivity index (χ4v) is 5.91. The van der Waals surface area contributed by atoms with Crippen LogP contribution in [0.1, 0.15) is 18.9 Å². The number of nitrogens with zero attached hydrogens (tertiary/aromatic N) is 6. The molecule has 5 rings (SSSR count). The lowest BCUT2D eigenvalue weighted by molar-refractivity contribution is -0.121. The van der Waals surface area contributed by atoms with Crippen LogP contribution in [0.5, 0.6) is 5.75 Å². The highest BCUT2D eigenvalue weighted by Crippen LogP contribution is 2.25. The van der Waals surface area contributed by atoms with Gasteiger partial charge in [0, 0.05) is 51.1 Å². The summed E-state index contributed by atoms with van der Waals surface area (Å²) in [4.78, 5) is 42.5. The molecule has 3 amide bonds. The molecule has 1 aliphatic rings. The Morgan fingerprint density at radius 1 is 1.07 bits per heavy atom. The Labute approximate surface area is 259 Å². The standard InChI is InChI=1S/C29H31ClN8O5S/c1-2-43-23-10-8-21(9-11-23)18-32-27(39)16-22-19-36(29(40)35-44(41,42)24-6-4-3-5-7-24)14-15-38(22)26-17-25(30)33-28(34-26)37-13-12-31-20-37/h3-13,17,20,22H,2,14-16,18-19H2,1H3,(H,32,39)(H,35,40). The second-order valence-electron chi connectivity index (χ2n) is 9.89. The fraction of sp³-hybridized carbons (Fsp3) is 0.276. The number of carbonyl (C=O) groups excluding carboxylic acids is 2. The van der Waals surface area contributed by atoms with Gasteiger partial charge in [0.2, 0.25) is 11.9 Å². The number of rotatable bonds is 10. The second-order valence-corrected chi connectivity index (χ2v) is 12.0. The van der Waals surface area contributed by atoms with Crippen molar-refractivity contribution in [2.24, 2.45) is 0 Å². The summed E-state index contributed by atoms with van der Waals surface area (Å²) in [6.07, 6.45) is 4.80. The minimum absolute atomic E-state index is 0.00568. The first-order valence-corrected chi connectivity index (χ1v) is 15.7. The maximum Gasteiger partial charge on any atom is 0.331 e. The highest BCUT2D eigenvalue weighted by Gasteiger charge is 2.34. The van der Waals surface area contributed by atoms with Crippen LogP contribution in [0, 0.1) is 0 Å². The molecule has 0 bridgehead atoms. The van der Waals surface area contributed by atoms with Gasteiger partial charge >= 0.3 is 6.03 Å². The molecule has 2 aromatic carbocycles. The Kier molecular flexibility index (Phi) is 9.60. The first-order chi connectivity index (χ1) is 21.2. The van der Waals surface area contributed by atoms with Crippen LogP contribution in [-0.2, 0) is 21.4 Å². The van der Waals surface area contributed by atoms with Crippen molar-refractivity contribution in [3.8, 4) is 11.7 Å². The van der Waals surface area contributed by atoms with Gasteiger partial charge < -0.3 is 19.9 Å². The van der Waals surface area contributed by atoms with E-state index in [4.69, 9.17) is 16.3 Å². The molecule has 0 radical (unpaired) electrons. The number of imidazole rings is 1. The number of nitrogens with one attached hydrogen (secondary N) is 2. The number of urea groups is 1. The highest BCUT2D eigenvalue weighted by molar-refractivity contribution is 7.90. The first kappa shape index (κ1) is 30.8. The molecule has 1 atom stereocenters. The van der Waals surface area contributed by atoms with E-state index in [9.17, 15) is 18.0 Å². The summed E-state index contributed by atoms with van der Waals surface area (Å²) in [6, 6.07) is 15.3. The van der Waals surface area contributed by atoms with Gasteiger partial charge in [0.15, 0.2) is 0 Å². The molecule has 1 saturated heterocycles. The van der Waals surface area contributed by atoms with Crippen LogP contribution in [0.25, 0.3) is 5.95 Å². The summed E-state index contributed by atoms with van der Waals surface area (Å²) >= 11 is 6.36. The number of aromatic nitrogens is 4. The number of benzene rings is 2. The number of hydrogen-bond donors (Lipinski definition) is 2.